The molecule has 4 aromatic rings. The smallest absolute Gasteiger partial charge is 0.416 e. The minimum Gasteiger partial charge on any atom is -0.493 e. The van der Waals surface area contributed by atoms with Crippen molar-refractivity contribution >= 4 is 17.3 Å². The maximum absolute atomic E-state index is 12.8. The first-order valence-corrected chi connectivity index (χ1v) is 8.90. The van der Waals surface area contributed by atoms with Crippen LogP contribution in [0.3, 0.4) is 0 Å². The minimum absolute atomic E-state index is 0.412. The number of fused-ring (bicyclic) bond motifs is 1. The standard InChI is InChI=1S/C21H17F3N4O2/c1-29-17-8-3-13(11-18(17)30-2)16-12-19-25-9-10-28(19)20(27-16)26-15-6-4-14(5-7-15)21(22,23)24/h3-12H,1-2H3,(H,26,27). The van der Waals surface area contributed by atoms with E-state index in [0.29, 0.717) is 34.5 Å². The van der Waals surface area contributed by atoms with Crippen LogP contribution in [0, 0.1) is 0 Å². The highest BCUT2D eigenvalue weighted by Gasteiger charge is 2.30. The van der Waals surface area contributed by atoms with Crippen molar-refractivity contribution in [1.82, 2.24) is 14.4 Å². The van der Waals surface area contributed by atoms with Crippen molar-refractivity contribution < 1.29 is 22.6 Å². The fraction of sp³-hybridized carbons (Fsp3) is 0.143. The van der Waals surface area contributed by atoms with Crippen LogP contribution in [-0.4, -0.2) is 28.6 Å². The summed E-state index contributed by atoms with van der Waals surface area (Å²) in [6.45, 7) is 0. The van der Waals surface area contributed by atoms with Crippen molar-refractivity contribution in [2.75, 3.05) is 19.5 Å². The second kappa shape index (κ2) is 7.58. The molecule has 0 fully saturated rings. The van der Waals surface area contributed by atoms with E-state index in [2.05, 4.69) is 15.3 Å². The summed E-state index contributed by atoms with van der Waals surface area (Å²) in [5, 5.41) is 3.06. The summed E-state index contributed by atoms with van der Waals surface area (Å²) in [5.41, 5.74) is 1.77. The van der Waals surface area contributed by atoms with Gasteiger partial charge in [-0.3, -0.25) is 4.40 Å². The van der Waals surface area contributed by atoms with Gasteiger partial charge in [0.1, 0.15) is 5.65 Å². The predicted molar refractivity (Wildman–Crippen MR) is 106 cm³/mol. The highest BCUT2D eigenvalue weighted by molar-refractivity contribution is 5.70. The summed E-state index contributed by atoms with van der Waals surface area (Å²) >= 11 is 0. The van der Waals surface area contributed by atoms with Gasteiger partial charge in [0, 0.05) is 29.7 Å². The first-order valence-electron chi connectivity index (χ1n) is 8.90. The number of ether oxygens (including phenoxy) is 2. The quantitative estimate of drug-likeness (QED) is 0.488. The molecule has 4 rings (SSSR count). The Hall–Kier alpha value is -3.75. The van der Waals surface area contributed by atoms with Crippen molar-refractivity contribution in [2.24, 2.45) is 0 Å². The highest BCUT2D eigenvalue weighted by Crippen LogP contribution is 2.33. The SMILES string of the molecule is COc1ccc(-c2cc3nccn3c(Nc3ccc(C(F)(F)F)cc3)n2)cc1OC. The summed E-state index contributed by atoms with van der Waals surface area (Å²) in [4.78, 5) is 8.94. The number of hydrogen-bond donors (Lipinski definition) is 1. The van der Waals surface area contributed by atoms with Crippen molar-refractivity contribution in [3.63, 3.8) is 0 Å². The van der Waals surface area contributed by atoms with Crippen molar-refractivity contribution in [2.45, 2.75) is 6.18 Å². The molecule has 0 aliphatic carbocycles. The summed E-state index contributed by atoms with van der Waals surface area (Å²) in [6.07, 6.45) is -1.05. The van der Waals surface area contributed by atoms with Gasteiger partial charge in [0.25, 0.3) is 0 Å². The number of benzene rings is 2. The highest BCUT2D eigenvalue weighted by atomic mass is 19.4. The van der Waals surface area contributed by atoms with Gasteiger partial charge in [0.05, 0.1) is 25.5 Å². The number of rotatable bonds is 5. The van der Waals surface area contributed by atoms with Crippen LogP contribution < -0.4 is 14.8 Å². The minimum atomic E-state index is -4.39. The summed E-state index contributed by atoms with van der Waals surface area (Å²) in [6, 6.07) is 12.0. The number of hydrogen-bond acceptors (Lipinski definition) is 5. The number of anilines is 2. The average molecular weight is 414 g/mol. The molecule has 0 amide bonds. The third kappa shape index (κ3) is 3.73. The Balaban J connectivity index is 1.73. The van der Waals surface area contributed by atoms with Crippen LogP contribution in [0.4, 0.5) is 24.8 Å². The lowest BCUT2D eigenvalue weighted by Crippen LogP contribution is -2.06. The number of alkyl halides is 3. The number of halogens is 3. The van der Waals surface area contributed by atoms with Crippen molar-refractivity contribution in [3.8, 4) is 22.8 Å². The van der Waals surface area contributed by atoms with E-state index >= 15 is 0 Å². The zero-order chi connectivity index (χ0) is 21.3. The molecule has 0 aliphatic rings. The fourth-order valence-corrected chi connectivity index (χ4v) is 3.03. The van der Waals surface area contributed by atoms with Gasteiger partial charge in [-0.1, -0.05) is 0 Å². The Labute approximate surface area is 169 Å². The van der Waals surface area contributed by atoms with Crippen LogP contribution in [0.15, 0.2) is 60.9 Å². The molecule has 6 nitrogen and oxygen atoms in total. The molecule has 0 atom stereocenters. The Morgan fingerprint density at radius 3 is 2.33 bits per heavy atom. The van der Waals surface area contributed by atoms with E-state index in [0.717, 1.165) is 17.7 Å². The van der Waals surface area contributed by atoms with Crippen LogP contribution in [0.25, 0.3) is 16.9 Å². The summed E-state index contributed by atoms with van der Waals surface area (Å²) < 4.78 is 50.7. The number of nitrogens with one attached hydrogen (secondary N) is 1. The maximum atomic E-state index is 12.8. The van der Waals surface area contributed by atoms with Gasteiger partial charge in [-0.2, -0.15) is 13.2 Å². The van der Waals surface area contributed by atoms with Gasteiger partial charge >= 0.3 is 6.18 Å². The van der Waals surface area contributed by atoms with Crippen molar-refractivity contribution in [1.29, 1.82) is 0 Å². The Morgan fingerprint density at radius 2 is 1.67 bits per heavy atom. The zero-order valence-corrected chi connectivity index (χ0v) is 16.1. The maximum Gasteiger partial charge on any atom is 0.416 e. The number of methoxy groups -OCH3 is 2. The largest absolute Gasteiger partial charge is 0.493 e. The van der Waals surface area contributed by atoms with E-state index in [-0.39, 0.29) is 0 Å². The second-order valence-electron chi connectivity index (χ2n) is 6.39. The van der Waals surface area contributed by atoms with Crippen LogP contribution in [0.1, 0.15) is 5.56 Å². The first kappa shape index (κ1) is 19.6. The Kier molecular flexibility index (Phi) is 4.94. The molecule has 0 saturated carbocycles. The third-order valence-corrected chi connectivity index (χ3v) is 4.54. The Morgan fingerprint density at radius 1 is 0.933 bits per heavy atom. The van der Waals surface area contributed by atoms with E-state index in [1.807, 2.05) is 6.07 Å². The van der Waals surface area contributed by atoms with Gasteiger partial charge in [-0.05, 0) is 42.5 Å². The predicted octanol–water partition coefficient (Wildman–Crippen LogP) is 5.18. The molecular formula is C21H17F3N4O2. The molecule has 2 heterocycles. The molecule has 9 heteroatoms. The lowest BCUT2D eigenvalue weighted by molar-refractivity contribution is -0.137. The van der Waals surface area contributed by atoms with Crippen LogP contribution in [0.2, 0.25) is 0 Å². The van der Waals surface area contributed by atoms with E-state index in [4.69, 9.17) is 9.47 Å². The molecule has 0 bridgehead atoms. The lowest BCUT2D eigenvalue weighted by Gasteiger charge is -2.13. The van der Waals surface area contributed by atoms with E-state index in [1.165, 1.54) is 12.1 Å². The van der Waals surface area contributed by atoms with Crippen LogP contribution in [0.5, 0.6) is 11.5 Å². The number of imidazole rings is 1. The molecule has 0 spiro atoms. The molecule has 2 aromatic heterocycles. The van der Waals surface area contributed by atoms with E-state index < -0.39 is 11.7 Å². The van der Waals surface area contributed by atoms with E-state index in [1.54, 1.807) is 49.2 Å². The second-order valence-corrected chi connectivity index (χ2v) is 6.39. The van der Waals surface area contributed by atoms with Gasteiger partial charge in [-0.15, -0.1) is 0 Å². The molecular weight excluding hydrogens is 397 g/mol. The van der Waals surface area contributed by atoms with Gasteiger partial charge in [0.2, 0.25) is 5.95 Å². The summed E-state index contributed by atoms with van der Waals surface area (Å²) in [5.74, 6) is 1.55. The molecule has 30 heavy (non-hydrogen) atoms. The first-order chi connectivity index (χ1) is 14.4. The third-order valence-electron chi connectivity index (χ3n) is 4.54. The molecule has 1 N–H and O–H groups in total. The van der Waals surface area contributed by atoms with Crippen LogP contribution >= 0.6 is 0 Å². The Bertz CT molecular complexity index is 1190. The van der Waals surface area contributed by atoms with Gasteiger partial charge < -0.3 is 14.8 Å². The van der Waals surface area contributed by atoms with Gasteiger partial charge in [0.15, 0.2) is 11.5 Å². The molecule has 2 aromatic carbocycles. The molecule has 0 aliphatic heterocycles. The fourth-order valence-electron chi connectivity index (χ4n) is 3.03. The number of nitrogens with zero attached hydrogens (tertiary/aromatic N) is 3. The lowest BCUT2D eigenvalue weighted by atomic mass is 10.1. The monoisotopic (exact) mass is 414 g/mol. The molecule has 154 valence electrons. The van der Waals surface area contributed by atoms with E-state index in [9.17, 15) is 13.2 Å². The average Bonchev–Trinajstić information content (AvgIpc) is 3.22. The zero-order valence-electron chi connectivity index (χ0n) is 16.1. The molecule has 0 saturated heterocycles. The molecule has 0 unspecified atom stereocenters. The summed E-state index contributed by atoms with van der Waals surface area (Å²) in [7, 11) is 3.10. The van der Waals surface area contributed by atoms with Crippen molar-refractivity contribution in [3.05, 3.63) is 66.5 Å². The van der Waals surface area contributed by atoms with Gasteiger partial charge in [-0.25, -0.2) is 9.97 Å². The molecule has 0 radical (unpaired) electrons. The number of aromatic nitrogens is 3. The normalized spacial score (nSPS) is 11.5. The van der Waals surface area contributed by atoms with Crippen LogP contribution in [-0.2, 0) is 6.18 Å². The topological polar surface area (TPSA) is 60.7 Å².